The van der Waals surface area contributed by atoms with Crippen LogP contribution in [0.5, 0.6) is 0 Å². The van der Waals surface area contributed by atoms with Crippen LogP contribution in [0.1, 0.15) is 11.1 Å². The Hall–Kier alpha value is -2.87. The van der Waals surface area contributed by atoms with Crippen molar-refractivity contribution in [3.05, 3.63) is 126 Å². The Morgan fingerprint density at radius 2 is 1.19 bits per heavy atom. The Morgan fingerprint density at radius 1 is 0.611 bits per heavy atom. The summed E-state index contributed by atoms with van der Waals surface area (Å²) in [4.78, 5) is 6.15. The Morgan fingerprint density at radius 3 is 1.86 bits per heavy atom. The molecule has 0 amide bonds. The van der Waals surface area contributed by atoms with E-state index in [0.717, 1.165) is 13.1 Å². The van der Waals surface area contributed by atoms with Crippen LogP contribution in [0.3, 0.4) is 0 Å². The monoisotopic (exact) mass is 594 g/mol. The molecule has 1 heterocycles. The first-order chi connectivity index (χ1) is 17.7. The minimum absolute atomic E-state index is 0.941. The van der Waals surface area contributed by atoms with Gasteiger partial charge in [-0.2, -0.15) is 0 Å². The van der Waals surface area contributed by atoms with E-state index in [-0.39, 0.29) is 0 Å². The molecule has 0 saturated heterocycles. The van der Waals surface area contributed by atoms with Gasteiger partial charge in [0.15, 0.2) is 0 Å². The summed E-state index contributed by atoms with van der Waals surface area (Å²) in [6.45, 7) is 1.88. The van der Waals surface area contributed by atoms with Crippen LogP contribution in [0.2, 0.25) is 0 Å². The van der Waals surface area contributed by atoms with Gasteiger partial charge in [-0.05, 0) is 0 Å². The molecule has 2 nitrogen and oxygen atoms in total. The normalized spacial score (nSPS) is 13.6. The molecular weight excluding hydrogens is 566 g/mol. The Balaban J connectivity index is 1.49. The first-order valence-corrected chi connectivity index (χ1v) is 18.8. The van der Waals surface area contributed by atoms with E-state index in [2.05, 4.69) is 148 Å². The second-order valence-corrected chi connectivity index (χ2v) is 18.4. The molecule has 0 bridgehead atoms. The van der Waals surface area contributed by atoms with E-state index in [9.17, 15) is 0 Å². The van der Waals surface area contributed by atoms with Crippen molar-refractivity contribution in [3.8, 4) is 0 Å². The van der Waals surface area contributed by atoms with Gasteiger partial charge >= 0.3 is 225 Å². The van der Waals surface area contributed by atoms with Crippen LogP contribution < -0.4 is 16.8 Å². The van der Waals surface area contributed by atoms with Crippen LogP contribution in [0.25, 0.3) is 10.8 Å². The zero-order valence-corrected chi connectivity index (χ0v) is 24.0. The van der Waals surface area contributed by atoms with Gasteiger partial charge < -0.3 is 0 Å². The summed E-state index contributed by atoms with van der Waals surface area (Å²) in [5.74, 6) is 0. The van der Waals surface area contributed by atoms with E-state index < -0.39 is 18.8 Å². The summed E-state index contributed by atoms with van der Waals surface area (Å²) < 4.78 is 3.17. The molecule has 6 rings (SSSR count). The standard InChI is InChI=1S/C20H17N.C12H13NS.Sb/c1-4-10-18(11-5-1)16-21(20-14-8-3-9-15-20)17-19-12-6-2-7-13-19;1-13(2)11-7-3-6-10-9(11)5-4-8-12(10)14;/h1-10,12,14-15H,16-17H2;3-8,14H,1-2H3;/q;;+1/p-1. The van der Waals surface area contributed by atoms with Crippen LogP contribution in [0.4, 0.5) is 11.4 Å². The van der Waals surface area contributed by atoms with E-state index in [1.165, 1.54) is 38.2 Å². The van der Waals surface area contributed by atoms with Crippen LogP contribution in [-0.4, -0.2) is 32.9 Å². The molecule has 4 heteroatoms. The summed E-state index contributed by atoms with van der Waals surface area (Å²) >= 11 is -2.20. The zero-order valence-electron chi connectivity index (χ0n) is 20.6. The Kier molecular flexibility index (Phi) is 6.69. The molecule has 0 radical (unpaired) electrons. The van der Waals surface area contributed by atoms with Crippen LogP contribution in [-0.2, 0) is 13.1 Å². The van der Waals surface area contributed by atoms with Gasteiger partial charge in [0.2, 0.25) is 0 Å². The van der Waals surface area contributed by atoms with Crippen molar-refractivity contribution in [3.63, 3.8) is 0 Å². The van der Waals surface area contributed by atoms with Crippen LogP contribution in [0, 0.1) is 0 Å². The van der Waals surface area contributed by atoms with Gasteiger partial charge in [-0.3, -0.25) is 0 Å². The second kappa shape index (κ2) is 10.2. The van der Waals surface area contributed by atoms with Gasteiger partial charge in [0.1, 0.15) is 0 Å². The van der Waals surface area contributed by atoms with Crippen molar-refractivity contribution in [2.24, 2.45) is 0 Å². The maximum atomic E-state index is 2.53. The van der Waals surface area contributed by atoms with Crippen molar-refractivity contribution in [2.45, 2.75) is 18.0 Å². The predicted molar refractivity (Wildman–Crippen MR) is 158 cm³/mol. The van der Waals surface area contributed by atoms with E-state index in [1.54, 1.807) is 7.02 Å². The molecule has 0 saturated carbocycles. The summed E-state index contributed by atoms with van der Waals surface area (Å²) in [5, 5.41) is 2.69. The third-order valence-electron chi connectivity index (χ3n) is 6.80. The molecule has 0 aromatic heterocycles. The van der Waals surface area contributed by atoms with E-state index in [0.29, 0.717) is 0 Å². The number of hydrogen-bond donors (Lipinski definition) is 0. The quantitative estimate of drug-likeness (QED) is 0.225. The molecular formula is C32H29N2SSb. The molecule has 1 aliphatic rings. The molecule has 5 aromatic rings. The maximum absolute atomic E-state index is 2.53. The van der Waals surface area contributed by atoms with Crippen molar-refractivity contribution < 1.29 is 0 Å². The van der Waals surface area contributed by atoms with E-state index in [4.69, 9.17) is 0 Å². The van der Waals surface area contributed by atoms with Crippen molar-refractivity contribution in [1.29, 1.82) is 0 Å². The van der Waals surface area contributed by atoms with Gasteiger partial charge in [0.05, 0.1) is 0 Å². The van der Waals surface area contributed by atoms with Crippen molar-refractivity contribution in [1.82, 2.24) is 0 Å². The number of hydrogen-bond acceptors (Lipinski definition) is 3. The SMILES string of the molecule is CN(C)c1cccc2c([S][Sb]3[c]4ccccc4CN(c4ccccc4)Cc4cccc[c]43)cccc12. The number of fused-ring (bicyclic) bond motifs is 3. The Labute approximate surface area is 223 Å². The van der Waals surface area contributed by atoms with Crippen molar-refractivity contribution in [2.75, 3.05) is 23.9 Å². The first-order valence-electron chi connectivity index (χ1n) is 12.3. The summed E-state index contributed by atoms with van der Waals surface area (Å²) in [7, 11) is 6.43. The van der Waals surface area contributed by atoms with Crippen LogP contribution >= 0.6 is 8.85 Å². The molecule has 0 aliphatic carbocycles. The number of para-hydroxylation sites is 1. The summed E-state index contributed by atoms with van der Waals surface area (Å²) in [5.41, 5.74) is 5.51. The third kappa shape index (κ3) is 4.51. The average Bonchev–Trinajstić information content (AvgIpc) is 2.91. The number of anilines is 2. The van der Waals surface area contributed by atoms with Gasteiger partial charge in [0, 0.05) is 0 Å². The number of benzene rings is 5. The molecule has 5 aromatic carbocycles. The molecule has 0 unspecified atom stereocenters. The van der Waals surface area contributed by atoms with E-state index in [1.807, 2.05) is 0 Å². The minimum atomic E-state index is -2.20. The van der Waals surface area contributed by atoms with E-state index >= 15 is 0 Å². The molecule has 0 atom stereocenters. The third-order valence-corrected chi connectivity index (χ3v) is 18.4. The topological polar surface area (TPSA) is 6.48 Å². The molecule has 0 spiro atoms. The Bertz CT molecular complexity index is 1470. The number of rotatable bonds is 4. The average molecular weight is 595 g/mol. The van der Waals surface area contributed by atoms with Gasteiger partial charge in [-0.25, -0.2) is 0 Å². The van der Waals surface area contributed by atoms with Gasteiger partial charge in [-0.1, -0.05) is 0 Å². The van der Waals surface area contributed by atoms with Gasteiger partial charge in [0.25, 0.3) is 0 Å². The zero-order chi connectivity index (χ0) is 24.5. The second-order valence-electron chi connectivity index (χ2n) is 9.36. The molecule has 0 fully saturated rings. The molecule has 178 valence electrons. The fourth-order valence-electron chi connectivity index (χ4n) is 5.03. The summed E-state index contributed by atoms with van der Waals surface area (Å²) in [6.07, 6.45) is 0. The summed E-state index contributed by atoms with van der Waals surface area (Å²) in [6, 6.07) is 42.8. The predicted octanol–water partition coefficient (Wildman–Crippen LogP) is 6.32. The molecule has 1 aliphatic heterocycles. The fraction of sp³-hybridized carbons (Fsp3) is 0.125. The van der Waals surface area contributed by atoms with Gasteiger partial charge in [-0.15, -0.1) is 0 Å². The van der Waals surface area contributed by atoms with Crippen molar-refractivity contribution >= 4 is 56.8 Å². The first kappa shape index (κ1) is 23.5. The molecule has 0 N–H and O–H groups in total. The fourth-order valence-corrected chi connectivity index (χ4v) is 17.3. The van der Waals surface area contributed by atoms with Crippen LogP contribution in [0.15, 0.2) is 120 Å². The number of nitrogens with zero attached hydrogens (tertiary/aromatic N) is 2. The molecule has 36 heavy (non-hydrogen) atoms.